The third-order valence-electron chi connectivity index (χ3n) is 8.62. The summed E-state index contributed by atoms with van der Waals surface area (Å²) in [6, 6.07) is 46.5. The molecule has 2 aliphatic rings. The van der Waals surface area contributed by atoms with E-state index >= 15 is 0 Å². The number of hydrogen-bond acceptors (Lipinski definition) is 2. The van der Waals surface area contributed by atoms with Gasteiger partial charge in [-0.1, -0.05) is 107 Å². The molecule has 3 heteroatoms. The Kier molecular flexibility index (Phi) is 4.62. The number of thiophene rings is 1. The quantitative estimate of drug-likeness (QED) is 0.170. The third-order valence-corrected chi connectivity index (χ3v) is 10.2. The molecule has 9 rings (SSSR count). The predicted molar refractivity (Wildman–Crippen MR) is 170 cm³/mol. The number of hydrogen-bond donors (Lipinski definition) is 0. The molecule has 2 heterocycles. The average Bonchev–Trinajstić information content (AvgIpc) is 3.32. The van der Waals surface area contributed by atoms with Gasteiger partial charge in [0.25, 0.3) is 0 Å². The standard InChI is InChI=1S/C37H21BrOS/c38-22-17-18-30-27(19-22)24-10-2-1-9-23(24)25-11-3-5-13-29(25)37(30)31-14-6-7-15-33(31)39-34-20-28-26-12-4-8-16-35(26)40-36(28)21-32(34)37/h1-21H. The van der Waals surface area contributed by atoms with Crippen LogP contribution in [0.5, 0.6) is 11.5 Å². The molecule has 0 N–H and O–H groups in total. The van der Waals surface area contributed by atoms with Gasteiger partial charge in [-0.2, -0.15) is 0 Å². The minimum absolute atomic E-state index is 0.569. The summed E-state index contributed by atoms with van der Waals surface area (Å²) in [5.74, 6) is 1.83. The molecule has 7 aromatic rings. The lowest BCUT2D eigenvalue weighted by Gasteiger charge is -2.42. The Hall–Kier alpha value is -4.18. The SMILES string of the molecule is Brc1ccc2c(c1)-c1ccccc1-c1ccccc1C21c2ccccc2Oc2cc3c(cc21)sc1ccccc13. The Bertz CT molecular complexity index is 2170. The van der Waals surface area contributed by atoms with Gasteiger partial charge in [0.1, 0.15) is 11.5 Å². The van der Waals surface area contributed by atoms with Crippen LogP contribution in [0.4, 0.5) is 0 Å². The van der Waals surface area contributed by atoms with E-state index in [0.29, 0.717) is 0 Å². The molecule has 1 aliphatic heterocycles. The molecule has 0 saturated heterocycles. The van der Waals surface area contributed by atoms with Crippen molar-refractivity contribution in [2.45, 2.75) is 5.41 Å². The average molecular weight is 594 g/mol. The van der Waals surface area contributed by atoms with E-state index in [4.69, 9.17) is 4.74 Å². The van der Waals surface area contributed by atoms with Crippen LogP contribution in [0, 0.1) is 0 Å². The molecule has 1 nitrogen and oxygen atoms in total. The highest BCUT2D eigenvalue weighted by atomic mass is 79.9. The van der Waals surface area contributed by atoms with Crippen molar-refractivity contribution in [2.24, 2.45) is 0 Å². The van der Waals surface area contributed by atoms with Crippen molar-refractivity contribution in [1.82, 2.24) is 0 Å². The van der Waals surface area contributed by atoms with Crippen molar-refractivity contribution in [2.75, 3.05) is 0 Å². The summed E-state index contributed by atoms with van der Waals surface area (Å²) in [5.41, 5.74) is 9.33. The van der Waals surface area contributed by atoms with Gasteiger partial charge >= 0.3 is 0 Å². The van der Waals surface area contributed by atoms with Gasteiger partial charge in [0, 0.05) is 35.8 Å². The largest absolute Gasteiger partial charge is 0.457 e. The molecule has 1 aliphatic carbocycles. The number of fused-ring (bicyclic) bond motifs is 14. The Morgan fingerprint density at radius 2 is 1.15 bits per heavy atom. The van der Waals surface area contributed by atoms with Gasteiger partial charge in [-0.25, -0.2) is 0 Å². The fourth-order valence-electron chi connectivity index (χ4n) is 7.05. The van der Waals surface area contributed by atoms with Crippen LogP contribution in [-0.4, -0.2) is 0 Å². The maximum atomic E-state index is 6.80. The smallest absolute Gasteiger partial charge is 0.132 e. The van der Waals surface area contributed by atoms with Gasteiger partial charge in [0.15, 0.2) is 0 Å². The highest BCUT2D eigenvalue weighted by Crippen LogP contribution is 2.61. The molecule has 1 atom stereocenters. The molecular formula is C37H21BrOS. The Balaban J connectivity index is 1.53. The summed E-state index contributed by atoms with van der Waals surface area (Å²) in [7, 11) is 0. The first-order valence-corrected chi connectivity index (χ1v) is 15.1. The number of ether oxygens (including phenoxy) is 1. The zero-order valence-electron chi connectivity index (χ0n) is 21.3. The number of para-hydroxylation sites is 1. The van der Waals surface area contributed by atoms with Crippen LogP contribution in [0.25, 0.3) is 42.4 Å². The lowest BCUT2D eigenvalue weighted by atomic mass is 9.62. The Morgan fingerprint density at radius 3 is 2.02 bits per heavy atom. The number of halogens is 1. The number of benzene rings is 6. The van der Waals surface area contributed by atoms with Crippen LogP contribution in [0.3, 0.4) is 0 Å². The molecule has 1 spiro atoms. The Labute approximate surface area is 244 Å². The van der Waals surface area contributed by atoms with Crippen LogP contribution in [-0.2, 0) is 5.41 Å². The minimum Gasteiger partial charge on any atom is -0.457 e. The third kappa shape index (κ3) is 2.86. The fraction of sp³-hybridized carbons (Fsp3) is 0.0270. The second-order valence-corrected chi connectivity index (χ2v) is 12.6. The van der Waals surface area contributed by atoms with Crippen molar-refractivity contribution < 1.29 is 4.74 Å². The molecule has 188 valence electrons. The maximum Gasteiger partial charge on any atom is 0.132 e. The van der Waals surface area contributed by atoms with Crippen LogP contribution in [0.1, 0.15) is 22.3 Å². The first-order chi connectivity index (χ1) is 19.7. The first kappa shape index (κ1) is 22.6. The van der Waals surface area contributed by atoms with Gasteiger partial charge < -0.3 is 4.74 Å². The van der Waals surface area contributed by atoms with Crippen LogP contribution < -0.4 is 4.74 Å². The van der Waals surface area contributed by atoms with Crippen LogP contribution in [0.2, 0.25) is 0 Å². The summed E-state index contributed by atoms with van der Waals surface area (Å²) < 4.78 is 10.4. The summed E-state index contributed by atoms with van der Waals surface area (Å²) in [6.45, 7) is 0. The zero-order valence-corrected chi connectivity index (χ0v) is 23.7. The first-order valence-electron chi connectivity index (χ1n) is 13.5. The van der Waals surface area contributed by atoms with Gasteiger partial charge in [-0.15, -0.1) is 11.3 Å². The molecule has 1 unspecified atom stereocenters. The van der Waals surface area contributed by atoms with E-state index < -0.39 is 5.41 Å². The second kappa shape index (κ2) is 8.17. The molecule has 0 fully saturated rings. The van der Waals surface area contributed by atoms with Crippen molar-refractivity contribution in [3.05, 3.63) is 154 Å². The molecule has 0 saturated carbocycles. The van der Waals surface area contributed by atoms with E-state index in [0.717, 1.165) is 16.0 Å². The zero-order chi connectivity index (χ0) is 26.4. The highest BCUT2D eigenvalue weighted by Gasteiger charge is 2.49. The molecule has 6 aromatic carbocycles. The lowest BCUT2D eigenvalue weighted by Crippen LogP contribution is -2.34. The number of rotatable bonds is 0. The molecule has 0 amide bonds. The summed E-state index contributed by atoms with van der Waals surface area (Å²) in [5, 5.41) is 2.52. The van der Waals surface area contributed by atoms with Gasteiger partial charge in [0.2, 0.25) is 0 Å². The predicted octanol–water partition coefficient (Wildman–Crippen LogP) is 11.0. The molecule has 1 aromatic heterocycles. The summed E-state index contributed by atoms with van der Waals surface area (Å²) in [6.07, 6.45) is 0. The summed E-state index contributed by atoms with van der Waals surface area (Å²) in [4.78, 5) is 0. The molecule has 0 bridgehead atoms. The van der Waals surface area contributed by atoms with Crippen molar-refractivity contribution >= 4 is 47.4 Å². The van der Waals surface area contributed by atoms with E-state index in [1.54, 1.807) is 0 Å². The van der Waals surface area contributed by atoms with Crippen LogP contribution in [0.15, 0.2) is 132 Å². The lowest BCUT2D eigenvalue weighted by molar-refractivity contribution is 0.436. The van der Waals surface area contributed by atoms with E-state index in [2.05, 4.69) is 143 Å². The monoisotopic (exact) mass is 592 g/mol. The summed E-state index contributed by atoms with van der Waals surface area (Å²) >= 11 is 5.67. The van der Waals surface area contributed by atoms with E-state index in [1.807, 2.05) is 11.3 Å². The molecular weight excluding hydrogens is 572 g/mol. The van der Waals surface area contributed by atoms with Crippen molar-refractivity contribution in [1.29, 1.82) is 0 Å². The topological polar surface area (TPSA) is 9.23 Å². The van der Waals surface area contributed by atoms with Crippen molar-refractivity contribution in [3.8, 4) is 33.8 Å². The maximum absolute atomic E-state index is 6.80. The van der Waals surface area contributed by atoms with E-state index in [1.165, 1.54) is 64.7 Å². The highest BCUT2D eigenvalue weighted by molar-refractivity contribution is 9.10. The van der Waals surface area contributed by atoms with Gasteiger partial charge in [-0.05, 0) is 69.8 Å². The van der Waals surface area contributed by atoms with Gasteiger partial charge in [-0.3, -0.25) is 0 Å². The van der Waals surface area contributed by atoms with Crippen molar-refractivity contribution in [3.63, 3.8) is 0 Å². The molecule has 0 radical (unpaired) electrons. The minimum atomic E-state index is -0.569. The normalized spacial score (nSPS) is 16.4. The fourth-order valence-corrected chi connectivity index (χ4v) is 8.54. The van der Waals surface area contributed by atoms with Gasteiger partial charge in [0.05, 0.1) is 5.41 Å². The Morgan fingerprint density at radius 1 is 0.475 bits per heavy atom. The second-order valence-electron chi connectivity index (χ2n) is 10.6. The molecule has 40 heavy (non-hydrogen) atoms. The van der Waals surface area contributed by atoms with E-state index in [-0.39, 0.29) is 0 Å². The van der Waals surface area contributed by atoms with E-state index in [9.17, 15) is 0 Å². The van der Waals surface area contributed by atoms with Crippen LogP contribution >= 0.6 is 27.3 Å².